The van der Waals surface area contributed by atoms with Gasteiger partial charge in [0, 0.05) is 24.5 Å². The van der Waals surface area contributed by atoms with E-state index < -0.39 is 5.91 Å². The number of benzene rings is 2. The van der Waals surface area contributed by atoms with Crippen molar-refractivity contribution in [3.63, 3.8) is 0 Å². The summed E-state index contributed by atoms with van der Waals surface area (Å²) in [5.41, 5.74) is 2.68. The van der Waals surface area contributed by atoms with Crippen LogP contribution in [0.15, 0.2) is 54.2 Å². The SMILES string of the molecule is COc1ccc(C)cc1N/C=C(/C#N)C(=O)Nc1ccc(NC(C)=O)cc1. The molecule has 138 valence electrons. The zero-order valence-corrected chi connectivity index (χ0v) is 15.3. The third-order valence-electron chi connectivity index (χ3n) is 3.56. The molecular weight excluding hydrogens is 344 g/mol. The number of hydrogen-bond acceptors (Lipinski definition) is 5. The number of carbonyl (C=O) groups is 2. The van der Waals surface area contributed by atoms with Crippen LogP contribution in [0.25, 0.3) is 0 Å². The molecule has 0 aliphatic heterocycles. The number of rotatable bonds is 6. The monoisotopic (exact) mass is 364 g/mol. The summed E-state index contributed by atoms with van der Waals surface area (Å²) in [5.74, 6) is -0.133. The highest BCUT2D eigenvalue weighted by molar-refractivity contribution is 6.06. The quantitative estimate of drug-likeness (QED) is 0.538. The normalized spacial score (nSPS) is 10.5. The number of aryl methyl sites for hydroxylation is 1. The van der Waals surface area contributed by atoms with Crippen LogP contribution in [-0.2, 0) is 9.59 Å². The number of nitrogens with zero attached hydrogens (tertiary/aromatic N) is 1. The molecule has 2 aromatic carbocycles. The highest BCUT2D eigenvalue weighted by Crippen LogP contribution is 2.25. The molecule has 3 N–H and O–H groups in total. The average molecular weight is 364 g/mol. The van der Waals surface area contributed by atoms with E-state index >= 15 is 0 Å². The second-order valence-corrected chi connectivity index (χ2v) is 5.73. The fraction of sp³-hybridized carbons (Fsp3) is 0.150. The van der Waals surface area contributed by atoms with Crippen LogP contribution in [0.5, 0.6) is 5.75 Å². The van der Waals surface area contributed by atoms with Crippen molar-refractivity contribution in [2.75, 3.05) is 23.1 Å². The minimum atomic E-state index is -0.552. The highest BCUT2D eigenvalue weighted by atomic mass is 16.5. The summed E-state index contributed by atoms with van der Waals surface area (Å²) in [7, 11) is 1.54. The molecular formula is C20H20N4O3. The Bertz CT molecular complexity index is 912. The van der Waals surface area contributed by atoms with Gasteiger partial charge in [0.1, 0.15) is 17.4 Å². The van der Waals surface area contributed by atoms with Crippen molar-refractivity contribution in [3.8, 4) is 11.8 Å². The van der Waals surface area contributed by atoms with E-state index in [9.17, 15) is 14.9 Å². The second kappa shape index (κ2) is 9.06. The van der Waals surface area contributed by atoms with E-state index in [0.29, 0.717) is 22.8 Å². The van der Waals surface area contributed by atoms with E-state index in [0.717, 1.165) is 5.56 Å². The van der Waals surface area contributed by atoms with Gasteiger partial charge in [0.25, 0.3) is 5.91 Å². The van der Waals surface area contributed by atoms with E-state index in [1.54, 1.807) is 37.4 Å². The topological polar surface area (TPSA) is 103 Å². The lowest BCUT2D eigenvalue weighted by molar-refractivity contribution is -0.114. The van der Waals surface area contributed by atoms with E-state index in [1.165, 1.54) is 13.1 Å². The summed E-state index contributed by atoms with van der Waals surface area (Å²) >= 11 is 0. The van der Waals surface area contributed by atoms with Gasteiger partial charge in [-0.05, 0) is 48.9 Å². The van der Waals surface area contributed by atoms with Gasteiger partial charge in [-0.25, -0.2) is 0 Å². The molecule has 2 amide bonds. The predicted octanol–water partition coefficient (Wildman–Crippen LogP) is 3.42. The van der Waals surface area contributed by atoms with Crippen LogP contribution >= 0.6 is 0 Å². The van der Waals surface area contributed by atoms with Gasteiger partial charge in [0.15, 0.2) is 0 Å². The Hall–Kier alpha value is -3.79. The number of ether oxygens (including phenoxy) is 1. The summed E-state index contributed by atoms with van der Waals surface area (Å²) < 4.78 is 5.26. The molecule has 0 radical (unpaired) electrons. The Morgan fingerprint density at radius 2 is 1.70 bits per heavy atom. The Labute approximate surface area is 157 Å². The summed E-state index contributed by atoms with van der Waals surface area (Å²) in [4.78, 5) is 23.3. The lowest BCUT2D eigenvalue weighted by Gasteiger charge is -2.10. The van der Waals surface area contributed by atoms with Crippen LogP contribution in [0, 0.1) is 18.3 Å². The molecule has 0 saturated heterocycles. The smallest absolute Gasteiger partial charge is 0.267 e. The van der Waals surface area contributed by atoms with Crippen LogP contribution < -0.4 is 20.7 Å². The lowest BCUT2D eigenvalue weighted by Crippen LogP contribution is -2.14. The first kappa shape index (κ1) is 19.5. The zero-order chi connectivity index (χ0) is 19.8. The van der Waals surface area contributed by atoms with Crippen molar-refractivity contribution in [1.29, 1.82) is 5.26 Å². The van der Waals surface area contributed by atoms with Gasteiger partial charge in [-0.3, -0.25) is 9.59 Å². The molecule has 27 heavy (non-hydrogen) atoms. The minimum Gasteiger partial charge on any atom is -0.495 e. The van der Waals surface area contributed by atoms with Crippen molar-refractivity contribution in [2.45, 2.75) is 13.8 Å². The Morgan fingerprint density at radius 1 is 1.07 bits per heavy atom. The molecule has 0 bridgehead atoms. The van der Waals surface area contributed by atoms with Crippen LogP contribution in [0.2, 0.25) is 0 Å². The average Bonchev–Trinajstić information content (AvgIpc) is 2.63. The molecule has 2 aromatic rings. The Morgan fingerprint density at radius 3 is 2.26 bits per heavy atom. The van der Waals surface area contributed by atoms with Crippen LogP contribution in [0.3, 0.4) is 0 Å². The standard InChI is InChI=1S/C20H20N4O3/c1-13-4-9-19(27-3)18(10-13)22-12-15(11-21)20(26)24-17-7-5-16(6-8-17)23-14(2)25/h4-10,12,22H,1-3H3,(H,23,25)(H,24,26)/b15-12-. The molecule has 0 unspecified atom stereocenters. The predicted molar refractivity (Wildman–Crippen MR) is 104 cm³/mol. The maximum atomic E-state index is 12.3. The van der Waals surface area contributed by atoms with Gasteiger partial charge < -0.3 is 20.7 Å². The molecule has 7 heteroatoms. The molecule has 2 rings (SSSR count). The number of nitriles is 1. The van der Waals surface area contributed by atoms with E-state index in [-0.39, 0.29) is 11.5 Å². The Balaban J connectivity index is 2.09. The summed E-state index contributed by atoms with van der Waals surface area (Å²) in [6.07, 6.45) is 1.33. The van der Waals surface area contributed by atoms with E-state index in [2.05, 4.69) is 16.0 Å². The van der Waals surface area contributed by atoms with Crippen molar-refractivity contribution in [3.05, 3.63) is 59.8 Å². The molecule has 0 atom stereocenters. The van der Waals surface area contributed by atoms with Gasteiger partial charge in [-0.15, -0.1) is 0 Å². The number of nitrogens with one attached hydrogen (secondary N) is 3. The fourth-order valence-electron chi connectivity index (χ4n) is 2.27. The molecule has 0 aromatic heterocycles. The first-order chi connectivity index (χ1) is 12.9. The number of methoxy groups -OCH3 is 1. The van der Waals surface area contributed by atoms with Crippen LogP contribution in [-0.4, -0.2) is 18.9 Å². The lowest BCUT2D eigenvalue weighted by atomic mass is 10.2. The fourth-order valence-corrected chi connectivity index (χ4v) is 2.27. The summed E-state index contributed by atoms with van der Waals surface area (Å²) in [6.45, 7) is 3.34. The molecule has 0 aliphatic rings. The third kappa shape index (κ3) is 5.61. The maximum Gasteiger partial charge on any atom is 0.267 e. The summed E-state index contributed by atoms with van der Waals surface area (Å²) in [6, 6.07) is 14.0. The summed E-state index contributed by atoms with van der Waals surface area (Å²) in [5, 5.41) is 17.5. The number of hydrogen-bond donors (Lipinski definition) is 3. The van der Waals surface area contributed by atoms with Gasteiger partial charge in [-0.2, -0.15) is 5.26 Å². The van der Waals surface area contributed by atoms with Crippen molar-refractivity contribution < 1.29 is 14.3 Å². The highest BCUT2D eigenvalue weighted by Gasteiger charge is 2.10. The Kier molecular flexibility index (Phi) is 6.55. The van der Waals surface area contributed by atoms with Crippen molar-refractivity contribution in [2.24, 2.45) is 0 Å². The molecule has 0 spiro atoms. The van der Waals surface area contributed by atoms with Gasteiger partial charge in [0.05, 0.1) is 12.8 Å². The van der Waals surface area contributed by atoms with Crippen molar-refractivity contribution in [1.82, 2.24) is 0 Å². The van der Waals surface area contributed by atoms with Crippen molar-refractivity contribution >= 4 is 28.9 Å². The molecule has 0 fully saturated rings. The van der Waals surface area contributed by atoms with E-state index in [1.807, 2.05) is 25.1 Å². The molecule has 0 aliphatic carbocycles. The van der Waals surface area contributed by atoms with Gasteiger partial charge in [0.2, 0.25) is 5.91 Å². The number of amides is 2. The number of carbonyl (C=O) groups excluding carboxylic acids is 2. The first-order valence-corrected chi connectivity index (χ1v) is 8.13. The molecule has 0 heterocycles. The number of anilines is 3. The first-order valence-electron chi connectivity index (χ1n) is 8.13. The third-order valence-corrected chi connectivity index (χ3v) is 3.56. The second-order valence-electron chi connectivity index (χ2n) is 5.73. The zero-order valence-electron chi connectivity index (χ0n) is 15.3. The largest absolute Gasteiger partial charge is 0.495 e. The van der Waals surface area contributed by atoms with Gasteiger partial charge >= 0.3 is 0 Å². The molecule has 0 saturated carbocycles. The molecule has 7 nitrogen and oxygen atoms in total. The van der Waals surface area contributed by atoms with Gasteiger partial charge in [-0.1, -0.05) is 6.07 Å². The minimum absolute atomic E-state index is 0.0931. The maximum absolute atomic E-state index is 12.3. The van der Waals surface area contributed by atoms with Crippen LogP contribution in [0.4, 0.5) is 17.1 Å². The van der Waals surface area contributed by atoms with E-state index in [4.69, 9.17) is 4.74 Å². The van der Waals surface area contributed by atoms with Crippen LogP contribution in [0.1, 0.15) is 12.5 Å².